The average molecular weight is 325 g/mol. The Hall–Kier alpha value is -2.18. The van der Waals surface area contributed by atoms with Crippen LogP contribution in [0.1, 0.15) is 40.9 Å². The Kier molecular flexibility index (Phi) is 3.74. The molecular weight excluding hydrogens is 311 g/mol. The van der Waals surface area contributed by atoms with Crippen LogP contribution in [0, 0.1) is 18.8 Å². The number of ether oxygens (including phenoxy) is 1. The number of halogens is 3. The third-order valence-electron chi connectivity index (χ3n) is 4.35. The molecule has 4 nitrogen and oxygen atoms in total. The molecule has 0 N–H and O–H groups in total. The zero-order valence-corrected chi connectivity index (χ0v) is 12.3. The highest BCUT2D eigenvalue weighted by atomic mass is 19.4. The average Bonchev–Trinajstić information content (AvgIpc) is 2.89. The van der Waals surface area contributed by atoms with E-state index in [2.05, 4.69) is 4.98 Å². The third-order valence-corrected chi connectivity index (χ3v) is 4.35. The maximum atomic E-state index is 12.6. The van der Waals surface area contributed by atoms with Gasteiger partial charge in [0.1, 0.15) is 11.5 Å². The molecule has 0 spiro atoms. The van der Waals surface area contributed by atoms with Gasteiger partial charge < -0.3 is 4.74 Å². The molecule has 2 bridgehead atoms. The number of hydrogen-bond donors (Lipinski definition) is 0. The van der Waals surface area contributed by atoms with Crippen molar-refractivity contribution in [2.45, 2.75) is 32.4 Å². The number of esters is 1. The van der Waals surface area contributed by atoms with Gasteiger partial charge in [0.15, 0.2) is 5.78 Å². The van der Waals surface area contributed by atoms with E-state index in [1.54, 1.807) is 0 Å². The zero-order chi connectivity index (χ0) is 16.8. The zero-order valence-electron chi connectivity index (χ0n) is 12.3. The van der Waals surface area contributed by atoms with Crippen molar-refractivity contribution in [3.05, 3.63) is 40.9 Å². The predicted octanol–water partition coefficient (Wildman–Crippen LogP) is 3.45. The second kappa shape index (κ2) is 5.47. The number of fused-ring (bicyclic) bond motifs is 2. The monoisotopic (exact) mass is 325 g/mol. The second-order valence-corrected chi connectivity index (χ2v) is 5.93. The van der Waals surface area contributed by atoms with Crippen LogP contribution in [0.5, 0.6) is 0 Å². The lowest BCUT2D eigenvalue weighted by Gasteiger charge is -2.19. The molecule has 1 saturated carbocycles. The molecule has 1 fully saturated rings. The highest BCUT2D eigenvalue weighted by molar-refractivity contribution is 5.95. The van der Waals surface area contributed by atoms with Crippen molar-refractivity contribution in [2.75, 3.05) is 0 Å². The molecule has 2 atom stereocenters. The second-order valence-electron chi connectivity index (χ2n) is 5.93. The van der Waals surface area contributed by atoms with Gasteiger partial charge in [-0.3, -0.25) is 9.78 Å². The Bertz CT molecular complexity index is 709. The number of aryl methyl sites for hydroxylation is 1. The molecule has 0 radical (unpaired) electrons. The molecule has 7 heteroatoms. The van der Waals surface area contributed by atoms with Crippen LogP contribution >= 0.6 is 0 Å². The summed E-state index contributed by atoms with van der Waals surface area (Å²) in [6, 6.07) is 0.808. The van der Waals surface area contributed by atoms with E-state index in [0.717, 1.165) is 25.1 Å². The molecule has 0 aromatic carbocycles. The first-order valence-corrected chi connectivity index (χ1v) is 7.27. The number of hydrogen-bond acceptors (Lipinski definition) is 4. The molecule has 23 heavy (non-hydrogen) atoms. The summed E-state index contributed by atoms with van der Waals surface area (Å²) >= 11 is 0. The summed E-state index contributed by atoms with van der Waals surface area (Å²) < 4.78 is 43.0. The standard InChI is InChI=1S/C16H14F3NO3/c1-8-4-14(16(17,18)19)20-7-11(8)15(22)23-13-6-12(21)9-2-3-10(13)5-9/h4,6-7,9-10H,2-3,5H2,1H3. The number of pyridine rings is 1. The lowest BCUT2D eigenvalue weighted by Crippen LogP contribution is -2.20. The molecule has 0 amide bonds. The van der Waals surface area contributed by atoms with E-state index < -0.39 is 17.8 Å². The first kappa shape index (κ1) is 15.7. The molecule has 1 aromatic rings. The van der Waals surface area contributed by atoms with Crippen molar-refractivity contribution in [1.82, 2.24) is 4.98 Å². The van der Waals surface area contributed by atoms with Gasteiger partial charge >= 0.3 is 12.1 Å². The number of nitrogens with zero attached hydrogens (tertiary/aromatic N) is 1. The van der Waals surface area contributed by atoms with E-state index in [4.69, 9.17) is 4.74 Å². The number of allylic oxidation sites excluding steroid dienone is 2. The quantitative estimate of drug-likeness (QED) is 0.782. The van der Waals surface area contributed by atoms with Crippen LogP contribution < -0.4 is 0 Å². The van der Waals surface area contributed by atoms with Gasteiger partial charge in [0, 0.05) is 24.1 Å². The van der Waals surface area contributed by atoms with E-state index in [9.17, 15) is 22.8 Å². The van der Waals surface area contributed by atoms with E-state index in [1.807, 2.05) is 0 Å². The van der Waals surface area contributed by atoms with Crippen LogP contribution in [-0.4, -0.2) is 16.7 Å². The fourth-order valence-electron chi connectivity index (χ4n) is 3.07. The van der Waals surface area contributed by atoms with Crippen molar-refractivity contribution < 1.29 is 27.5 Å². The number of aromatic nitrogens is 1. The van der Waals surface area contributed by atoms with Crippen LogP contribution in [0.4, 0.5) is 13.2 Å². The summed E-state index contributed by atoms with van der Waals surface area (Å²) in [5, 5.41) is 0. The van der Waals surface area contributed by atoms with Crippen molar-refractivity contribution in [3.8, 4) is 0 Å². The fraction of sp³-hybridized carbons (Fsp3) is 0.438. The summed E-state index contributed by atoms with van der Waals surface area (Å²) in [5.74, 6) is -0.480. The number of rotatable bonds is 2. The fourth-order valence-corrected chi connectivity index (χ4v) is 3.07. The lowest BCUT2D eigenvalue weighted by atomic mass is 9.93. The molecule has 3 rings (SSSR count). The summed E-state index contributed by atoms with van der Waals surface area (Å²) in [6.07, 6.45) is -0.131. The number of carbonyl (C=O) groups excluding carboxylic acids is 2. The van der Waals surface area contributed by atoms with Crippen LogP contribution in [-0.2, 0) is 15.7 Å². The maximum Gasteiger partial charge on any atom is 0.433 e. The highest BCUT2D eigenvalue weighted by Crippen LogP contribution is 2.41. The normalized spacial score (nSPS) is 23.7. The Labute approximate surface area is 130 Å². The first-order chi connectivity index (χ1) is 10.8. The molecule has 1 aromatic heterocycles. The van der Waals surface area contributed by atoms with Gasteiger partial charge in [-0.05, 0) is 37.8 Å². The number of alkyl halides is 3. The lowest BCUT2D eigenvalue weighted by molar-refractivity contribution is -0.141. The van der Waals surface area contributed by atoms with Gasteiger partial charge in [-0.1, -0.05) is 0 Å². The largest absolute Gasteiger partial charge is 0.433 e. The molecule has 2 unspecified atom stereocenters. The van der Waals surface area contributed by atoms with E-state index >= 15 is 0 Å². The molecule has 0 aliphatic heterocycles. The van der Waals surface area contributed by atoms with Gasteiger partial charge in [-0.2, -0.15) is 13.2 Å². The van der Waals surface area contributed by atoms with Crippen molar-refractivity contribution in [1.29, 1.82) is 0 Å². The SMILES string of the molecule is Cc1cc(C(F)(F)F)ncc1C(=O)OC1=CC(=O)C2CCC1C2. The van der Waals surface area contributed by atoms with Crippen LogP contribution in [0.25, 0.3) is 0 Å². The van der Waals surface area contributed by atoms with Gasteiger partial charge in [0.25, 0.3) is 0 Å². The Morgan fingerprint density at radius 2 is 2.00 bits per heavy atom. The molecular formula is C16H14F3NO3. The van der Waals surface area contributed by atoms with Crippen LogP contribution in [0.3, 0.4) is 0 Å². The van der Waals surface area contributed by atoms with Gasteiger partial charge in [0.05, 0.1) is 5.56 Å². The Morgan fingerprint density at radius 3 is 2.65 bits per heavy atom. The highest BCUT2D eigenvalue weighted by Gasteiger charge is 2.38. The van der Waals surface area contributed by atoms with Crippen LogP contribution in [0.2, 0.25) is 0 Å². The smallest absolute Gasteiger partial charge is 0.427 e. The Morgan fingerprint density at radius 1 is 1.30 bits per heavy atom. The summed E-state index contributed by atoms with van der Waals surface area (Å²) in [6.45, 7) is 1.39. The van der Waals surface area contributed by atoms with Gasteiger partial charge in [-0.25, -0.2) is 4.79 Å². The summed E-state index contributed by atoms with van der Waals surface area (Å²) in [7, 11) is 0. The minimum Gasteiger partial charge on any atom is -0.427 e. The molecule has 0 saturated heterocycles. The predicted molar refractivity (Wildman–Crippen MR) is 73.3 cm³/mol. The van der Waals surface area contributed by atoms with E-state index in [1.165, 1.54) is 13.0 Å². The molecule has 2 aliphatic rings. The van der Waals surface area contributed by atoms with Crippen LogP contribution in [0.15, 0.2) is 24.1 Å². The van der Waals surface area contributed by atoms with Gasteiger partial charge in [0.2, 0.25) is 0 Å². The van der Waals surface area contributed by atoms with Crippen molar-refractivity contribution >= 4 is 11.8 Å². The van der Waals surface area contributed by atoms with Crippen molar-refractivity contribution in [3.63, 3.8) is 0 Å². The number of carbonyl (C=O) groups is 2. The molecule has 1 heterocycles. The van der Waals surface area contributed by atoms with E-state index in [-0.39, 0.29) is 28.7 Å². The maximum absolute atomic E-state index is 12.6. The summed E-state index contributed by atoms with van der Waals surface area (Å²) in [4.78, 5) is 27.3. The molecule has 2 aliphatic carbocycles. The molecule has 122 valence electrons. The van der Waals surface area contributed by atoms with E-state index in [0.29, 0.717) is 12.2 Å². The minimum absolute atomic E-state index is 0.0110. The van der Waals surface area contributed by atoms with Gasteiger partial charge in [-0.15, -0.1) is 0 Å². The first-order valence-electron chi connectivity index (χ1n) is 7.27. The Balaban J connectivity index is 1.80. The number of ketones is 1. The topological polar surface area (TPSA) is 56.3 Å². The minimum atomic E-state index is -4.57. The van der Waals surface area contributed by atoms with Crippen molar-refractivity contribution in [2.24, 2.45) is 11.8 Å². The summed E-state index contributed by atoms with van der Waals surface area (Å²) in [5.41, 5.74) is -0.965. The third kappa shape index (κ3) is 3.00.